The molecular weight excluding hydrogens is 274 g/mol. The molecule has 102 valence electrons. The number of halogens is 1. The van der Waals surface area contributed by atoms with Crippen LogP contribution in [0.4, 0.5) is 0 Å². The van der Waals surface area contributed by atoms with Gasteiger partial charge in [0.15, 0.2) is 5.65 Å². The smallest absolute Gasteiger partial charge is 0.160 e. The number of imidazole rings is 1. The van der Waals surface area contributed by atoms with Crippen LogP contribution in [0.25, 0.3) is 22.6 Å². The average Bonchev–Trinajstić information content (AvgIpc) is 2.77. The molecule has 0 aliphatic heterocycles. The van der Waals surface area contributed by atoms with Crippen LogP contribution in [-0.2, 0) is 0 Å². The van der Waals surface area contributed by atoms with Gasteiger partial charge in [-0.3, -0.25) is 0 Å². The lowest BCUT2D eigenvalue weighted by molar-refractivity contribution is 0.476. The monoisotopic (exact) mass is 287 g/mol. The third-order valence-corrected chi connectivity index (χ3v) is 3.40. The van der Waals surface area contributed by atoms with Crippen LogP contribution < -0.4 is 0 Å². The molecule has 2 heterocycles. The number of rotatable bonds is 2. The van der Waals surface area contributed by atoms with Crippen molar-refractivity contribution in [1.29, 1.82) is 0 Å². The minimum Gasteiger partial charge on any atom is -0.507 e. The van der Waals surface area contributed by atoms with Crippen LogP contribution in [0.3, 0.4) is 0 Å². The minimum absolute atomic E-state index is 0.120. The van der Waals surface area contributed by atoms with Crippen molar-refractivity contribution in [3.63, 3.8) is 0 Å². The highest BCUT2D eigenvalue weighted by atomic mass is 35.5. The highest BCUT2D eigenvalue weighted by Gasteiger charge is 2.18. The first kappa shape index (κ1) is 12.9. The number of phenolic OH excluding ortho intramolecular Hbond substituents is 1. The van der Waals surface area contributed by atoms with Gasteiger partial charge in [-0.2, -0.15) is 0 Å². The molecule has 0 bridgehead atoms. The number of pyridine rings is 1. The molecule has 0 unspecified atom stereocenters. The largest absolute Gasteiger partial charge is 0.507 e. The maximum absolute atomic E-state index is 10.1. The Morgan fingerprint density at radius 3 is 2.75 bits per heavy atom. The van der Waals surface area contributed by atoms with E-state index in [2.05, 4.69) is 23.8 Å². The van der Waals surface area contributed by atoms with Gasteiger partial charge in [0.25, 0.3) is 0 Å². The minimum atomic E-state index is 0.120. The Labute approximate surface area is 121 Å². The molecule has 0 radical (unpaired) electrons. The van der Waals surface area contributed by atoms with Crippen LogP contribution in [0.5, 0.6) is 5.75 Å². The van der Waals surface area contributed by atoms with Gasteiger partial charge in [0.1, 0.15) is 17.1 Å². The number of fused-ring (bicyclic) bond motifs is 1. The first-order chi connectivity index (χ1) is 9.58. The summed E-state index contributed by atoms with van der Waals surface area (Å²) in [5.74, 6) is 0.817. The van der Waals surface area contributed by atoms with Crippen molar-refractivity contribution in [2.45, 2.75) is 19.9 Å². The van der Waals surface area contributed by atoms with E-state index in [0.29, 0.717) is 16.4 Å². The standard InChI is InChI=1S/C15H14ClN3O/c1-9(2)19-14(11-6-5-10(16)8-13(11)20)18-12-4-3-7-17-15(12)19/h3-9,20H,1-2H3. The number of aromatic nitrogens is 3. The second kappa shape index (κ2) is 4.80. The predicted molar refractivity (Wildman–Crippen MR) is 80.0 cm³/mol. The molecule has 3 aromatic rings. The highest BCUT2D eigenvalue weighted by molar-refractivity contribution is 6.30. The number of hydrogen-bond donors (Lipinski definition) is 1. The molecule has 0 saturated heterocycles. The highest BCUT2D eigenvalue weighted by Crippen LogP contribution is 2.34. The van der Waals surface area contributed by atoms with Crippen molar-refractivity contribution >= 4 is 22.8 Å². The second-order valence-corrected chi connectivity index (χ2v) is 5.34. The summed E-state index contributed by atoms with van der Waals surface area (Å²) in [7, 11) is 0. The van der Waals surface area contributed by atoms with E-state index >= 15 is 0 Å². The van der Waals surface area contributed by atoms with Gasteiger partial charge in [-0.1, -0.05) is 11.6 Å². The van der Waals surface area contributed by atoms with Gasteiger partial charge in [0, 0.05) is 17.3 Å². The molecule has 5 heteroatoms. The lowest BCUT2D eigenvalue weighted by atomic mass is 10.2. The fourth-order valence-corrected chi connectivity index (χ4v) is 2.47. The van der Waals surface area contributed by atoms with E-state index in [1.165, 1.54) is 6.07 Å². The quantitative estimate of drug-likeness (QED) is 0.774. The molecule has 0 atom stereocenters. The lowest BCUT2D eigenvalue weighted by Crippen LogP contribution is -2.04. The Balaban J connectivity index is 2.32. The van der Waals surface area contributed by atoms with Crippen molar-refractivity contribution in [2.24, 2.45) is 0 Å². The first-order valence-electron chi connectivity index (χ1n) is 6.40. The predicted octanol–water partition coefficient (Wildman–Crippen LogP) is 4.04. The Morgan fingerprint density at radius 2 is 2.05 bits per heavy atom. The summed E-state index contributed by atoms with van der Waals surface area (Å²) in [6.07, 6.45) is 1.74. The van der Waals surface area contributed by atoms with Crippen LogP contribution in [-0.4, -0.2) is 19.6 Å². The summed E-state index contributed by atoms with van der Waals surface area (Å²) in [5, 5.41) is 10.6. The van der Waals surface area contributed by atoms with E-state index in [1.807, 2.05) is 16.7 Å². The maximum Gasteiger partial charge on any atom is 0.160 e. The van der Waals surface area contributed by atoms with E-state index in [-0.39, 0.29) is 11.8 Å². The zero-order valence-electron chi connectivity index (χ0n) is 11.2. The summed E-state index contributed by atoms with van der Waals surface area (Å²) in [6, 6.07) is 8.99. The van der Waals surface area contributed by atoms with Crippen molar-refractivity contribution < 1.29 is 5.11 Å². The fourth-order valence-electron chi connectivity index (χ4n) is 2.30. The first-order valence-corrected chi connectivity index (χ1v) is 6.77. The van der Waals surface area contributed by atoms with Gasteiger partial charge in [-0.05, 0) is 44.2 Å². The number of phenols is 1. The van der Waals surface area contributed by atoms with Gasteiger partial charge in [0.05, 0.1) is 5.56 Å². The molecule has 0 aliphatic carbocycles. The second-order valence-electron chi connectivity index (χ2n) is 4.91. The molecule has 0 aliphatic rings. The van der Waals surface area contributed by atoms with E-state index < -0.39 is 0 Å². The van der Waals surface area contributed by atoms with Gasteiger partial charge in [-0.25, -0.2) is 9.97 Å². The Morgan fingerprint density at radius 1 is 1.25 bits per heavy atom. The molecule has 0 saturated carbocycles. The van der Waals surface area contributed by atoms with Crippen molar-refractivity contribution in [3.8, 4) is 17.1 Å². The molecule has 0 fully saturated rings. The van der Waals surface area contributed by atoms with Crippen LogP contribution in [0.15, 0.2) is 36.5 Å². The third-order valence-electron chi connectivity index (χ3n) is 3.17. The Bertz CT molecular complexity index is 780. The maximum atomic E-state index is 10.1. The number of hydrogen-bond acceptors (Lipinski definition) is 3. The Kier molecular flexibility index (Phi) is 3.10. The van der Waals surface area contributed by atoms with E-state index in [4.69, 9.17) is 11.6 Å². The van der Waals surface area contributed by atoms with Crippen LogP contribution >= 0.6 is 11.6 Å². The summed E-state index contributed by atoms with van der Waals surface area (Å²) in [5.41, 5.74) is 2.28. The van der Waals surface area contributed by atoms with Crippen molar-refractivity contribution in [2.75, 3.05) is 0 Å². The molecule has 1 N–H and O–H groups in total. The SMILES string of the molecule is CC(C)n1c(-c2ccc(Cl)cc2O)nc2cccnc21. The van der Waals surface area contributed by atoms with Crippen LogP contribution in [0.2, 0.25) is 5.02 Å². The van der Waals surface area contributed by atoms with Gasteiger partial charge in [0.2, 0.25) is 0 Å². The fraction of sp³-hybridized carbons (Fsp3) is 0.200. The van der Waals surface area contributed by atoms with Crippen LogP contribution in [0, 0.1) is 0 Å². The molecular formula is C15H14ClN3O. The topological polar surface area (TPSA) is 50.9 Å². The summed E-state index contributed by atoms with van der Waals surface area (Å²) >= 11 is 5.89. The molecule has 1 aromatic carbocycles. The number of aromatic hydroxyl groups is 1. The molecule has 0 spiro atoms. The van der Waals surface area contributed by atoms with E-state index in [9.17, 15) is 5.11 Å². The molecule has 2 aromatic heterocycles. The molecule has 0 amide bonds. The molecule has 4 nitrogen and oxygen atoms in total. The third kappa shape index (κ3) is 2.02. The van der Waals surface area contributed by atoms with E-state index in [1.54, 1.807) is 18.3 Å². The van der Waals surface area contributed by atoms with Gasteiger partial charge >= 0.3 is 0 Å². The van der Waals surface area contributed by atoms with Crippen molar-refractivity contribution in [1.82, 2.24) is 14.5 Å². The number of nitrogens with zero attached hydrogens (tertiary/aromatic N) is 3. The lowest BCUT2D eigenvalue weighted by Gasteiger charge is -2.13. The summed E-state index contributed by atoms with van der Waals surface area (Å²) in [4.78, 5) is 8.98. The molecule has 3 rings (SSSR count). The van der Waals surface area contributed by atoms with Gasteiger partial charge in [-0.15, -0.1) is 0 Å². The summed E-state index contributed by atoms with van der Waals surface area (Å²) < 4.78 is 2.01. The average molecular weight is 288 g/mol. The zero-order chi connectivity index (χ0) is 14.3. The van der Waals surface area contributed by atoms with Gasteiger partial charge < -0.3 is 9.67 Å². The zero-order valence-corrected chi connectivity index (χ0v) is 12.0. The number of benzene rings is 1. The van der Waals surface area contributed by atoms with E-state index in [0.717, 1.165) is 11.2 Å². The normalized spacial score (nSPS) is 11.4. The van der Waals surface area contributed by atoms with Crippen LogP contribution in [0.1, 0.15) is 19.9 Å². The molecule has 20 heavy (non-hydrogen) atoms. The Hall–Kier alpha value is -2.07. The summed E-state index contributed by atoms with van der Waals surface area (Å²) in [6.45, 7) is 4.12. The van der Waals surface area contributed by atoms with Crippen molar-refractivity contribution in [3.05, 3.63) is 41.6 Å².